The summed E-state index contributed by atoms with van der Waals surface area (Å²) in [5, 5.41) is 11.4. The predicted octanol–water partition coefficient (Wildman–Crippen LogP) is 7.85. The second kappa shape index (κ2) is 9.22. The van der Waals surface area contributed by atoms with Crippen molar-refractivity contribution in [2.75, 3.05) is 0 Å². The molecule has 4 aromatic carbocycles. The molecular weight excluding hydrogens is 376 g/mol. The van der Waals surface area contributed by atoms with Crippen LogP contribution in [0.2, 0.25) is 0 Å². The van der Waals surface area contributed by atoms with Gasteiger partial charge in [-0.15, -0.1) is 0 Å². The molecule has 0 aliphatic rings. The molecule has 0 bridgehead atoms. The van der Waals surface area contributed by atoms with E-state index < -0.39 is 0 Å². The van der Waals surface area contributed by atoms with Crippen LogP contribution in [0.15, 0.2) is 103 Å². The third kappa shape index (κ3) is 4.41. The normalized spacial score (nSPS) is 14.0. The molecule has 0 radical (unpaired) electrons. The molecule has 3 atom stereocenters. The Morgan fingerprint density at radius 1 is 0.452 bits per heavy atom. The fourth-order valence-corrected chi connectivity index (χ4v) is 4.39. The Labute approximate surface area is 186 Å². The van der Waals surface area contributed by atoms with Gasteiger partial charge in [0.15, 0.2) is 0 Å². The van der Waals surface area contributed by atoms with Gasteiger partial charge in [0.25, 0.3) is 0 Å². The Hall–Kier alpha value is -3.32. The van der Waals surface area contributed by atoms with Gasteiger partial charge >= 0.3 is 0 Å². The maximum atomic E-state index is 11.4. The van der Waals surface area contributed by atoms with Crippen LogP contribution >= 0.6 is 0 Å². The van der Waals surface area contributed by atoms with Crippen molar-refractivity contribution in [3.8, 4) is 5.75 Å². The fourth-order valence-electron chi connectivity index (χ4n) is 4.39. The van der Waals surface area contributed by atoms with E-state index >= 15 is 0 Å². The number of benzene rings is 4. The third-order valence-electron chi connectivity index (χ3n) is 6.52. The Bertz CT molecular complexity index is 1050. The molecule has 0 heterocycles. The predicted molar refractivity (Wildman–Crippen MR) is 130 cm³/mol. The summed E-state index contributed by atoms with van der Waals surface area (Å²) in [6, 6.07) is 35.9. The molecule has 0 saturated carbocycles. The van der Waals surface area contributed by atoms with Crippen LogP contribution in [0.5, 0.6) is 5.75 Å². The van der Waals surface area contributed by atoms with Crippen LogP contribution in [0.25, 0.3) is 0 Å². The van der Waals surface area contributed by atoms with Crippen molar-refractivity contribution < 1.29 is 5.11 Å². The summed E-state index contributed by atoms with van der Waals surface area (Å²) in [5.74, 6) is 0.860. The highest BCUT2D eigenvalue weighted by atomic mass is 16.3. The van der Waals surface area contributed by atoms with Crippen molar-refractivity contribution in [2.24, 2.45) is 0 Å². The highest BCUT2D eigenvalue weighted by molar-refractivity contribution is 5.53. The van der Waals surface area contributed by atoms with E-state index in [9.17, 15) is 5.11 Å². The van der Waals surface area contributed by atoms with E-state index in [4.69, 9.17) is 0 Å². The fraction of sp³-hybridized carbons (Fsp3) is 0.200. The van der Waals surface area contributed by atoms with Crippen molar-refractivity contribution in [1.29, 1.82) is 0 Å². The van der Waals surface area contributed by atoms with Crippen LogP contribution in [0.4, 0.5) is 0 Å². The minimum atomic E-state index is 0.103. The van der Waals surface area contributed by atoms with E-state index in [0.717, 1.165) is 11.1 Å². The lowest BCUT2D eigenvalue weighted by atomic mass is 9.82. The molecule has 0 fully saturated rings. The second-order valence-corrected chi connectivity index (χ2v) is 8.45. The van der Waals surface area contributed by atoms with Crippen LogP contribution in [0.1, 0.15) is 71.9 Å². The molecule has 0 aromatic heterocycles. The maximum absolute atomic E-state index is 11.4. The highest BCUT2D eigenvalue weighted by Gasteiger charge is 2.23. The minimum Gasteiger partial charge on any atom is -0.507 e. The van der Waals surface area contributed by atoms with Gasteiger partial charge in [-0.2, -0.15) is 0 Å². The number of rotatable bonds is 6. The van der Waals surface area contributed by atoms with Gasteiger partial charge in [-0.1, -0.05) is 124 Å². The Morgan fingerprint density at radius 2 is 0.774 bits per heavy atom. The summed E-state index contributed by atoms with van der Waals surface area (Å²) in [5.41, 5.74) is 6.92. The molecule has 0 aliphatic heterocycles. The van der Waals surface area contributed by atoms with Crippen LogP contribution in [-0.4, -0.2) is 5.11 Å². The van der Waals surface area contributed by atoms with Crippen molar-refractivity contribution in [1.82, 2.24) is 0 Å². The molecule has 0 saturated heterocycles. The first-order valence-corrected chi connectivity index (χ1v) is 11.1. The molecule has 0 unspecified atom stereocenters. The minimum absolute atomic E-state index is 0.103. The number of phenolic OH excluding ortho intramolecular Hbond substituents is 1. The van der Waals surface area contributed by atoms with Crippen LogP contribution in [0.3, 0.4) is 0 Å². The first-order valence-electron chi connectivity index (χ1n) is 11.1. The number of hydrogen-bond acceptors (Lipinski definition) is 1. The summed E-state index contributed by atoms with van der Waals surface area (Å²) < 4.78 is 0. The van der Waals surface area contributed by atoms with E-state index in [-0.39, 0.29) is 17.8 Å². The van der Waals surface area contributed by atoms with E-state index in [1.54, 1.807) is 0 Å². The topological polar surface area (TPSA) is 20.2 Å². The van der Waals surface area contributed by atoms with E-state index in [2.05, 4.69) is 112 Å². The first kappa shape index (κ1) is 20.9. The quantitative estimate of drug-likeness (QED) is 0.346. The van der Waals surface area contributed by atoms with Gasteiger partial charge in [0.05, 0.1) is 0 Å². The summed E-state index contributed by atoms with van der Waals surface area (Å²) in [4.78, 5) is 0. The van der Waals surface area contributed by atoms with Crippen molar-refractivity contribution >= 4 is 0 Å². The van der Waals surface area contributed by atoms with Gasteiger partial charge in [-0.05, 0) is 22.3 Å². The average molecular weight is 407 g/mol. The summed E-state index contributed by atoms with van der Waals surface area (Å²) in [6.45, 7) is 6.60. The summed E-state index contributed by atoms with van der Waals surface area (Å²) >= 11 is 0. The van der Waals surface area contributed by atoms with Gasteiger partial charge in [0.1, 0.15) is 5.75 Å². The SMILES string of the molecule is C[C@@H](c1ccccc1)c1cc([C@@H](C)c2ccccc2)c(O)c([C@@H](C)c2ccccc2)c1. The van der Waals surface area contributed by atoms with E-state index in [1.807, 2.05) is 12.1 Å². The molecule has 0 spiro atoms. The molecule has 4 aromatic rings. The smallest absolute Gasteiger partial charge is 0.123 e. The number of aromatic hydroxyl groups is 1. The molecule has 1 heteroatoms. The first-order chi connectivity index (χ1) is 15.1. The van der Waals surface area contributed by atoms with Crippen LogP contribution in [-0.2, 0) is 0 Å². The molecule has 31 heavy (non-hydrogen) atoms. The molecule has 0 aliphatic carbocycles. The summed E-state index contributed by atoms with van der Waals surface area (Å²) in [6.07, 6.45) is 0. The number of phenols is 1. The van der Waals surface area contributed by atoms with Crippen molar-refractivity contribution in [3.05, 3.63) is 137 Å². The van der Waals surface area contributed by atoms with Crippen LogP contribution < -0.4 is 0 Å². The lowest BCUT2D eigenvalue weighted by Crippen LogP contribution is -2.06. The van der Waals surface area contributed by atoms with Gasteiger partial charge in [-0.3, -0.25) is 0 Å². The molecule has 156 valence electrons. The lowest BCUT2D eigenvalue weighted by Gasteiger charge is -2.24. The Morgan fingerprint density at radius 3 is 1.13 bits per heavy atom. The average Bonchev–Trinajstić information content (AvgIpc) is 2.84. The molecule has 1 nitrogen and oxygen atoms in total. The van der Waals surface area contributed by atoms with E-state index in [0.29, 0.717) is 5.75 Å². The monoisotopic (exact) mass is 406 g/mol. The van der Waals surface area contributed by atoms with Gasteiger partial charge < -0.3 is 5.11 Å². The Kier molecular flexibility index (Phi) is 6.23. The van der Waals surface area contributed by atoms with Gasteiger partial charge in [-0.25, -0.2) is 0 Å². The molecule has 0 amide bonds. The lowest BCUT2D eigenvalue weighted by molar-refractivity contribution is 0.456. The van der Waals surface area contributed by atoms with E-state index in [1.165, 1.54) is 22.3 Å². The Balaban J connectivity index is 1.86. The van der Waals surface area contributed by atoms with Gasteiger partial charge in [0.2, 0.25) is 0 Å². The molecule has 4 rings (SSSR count). The number of hydrogen-bond donors (Lipinski definition) is 1. The largest absolute Gasteiger partial charge is 0.507 e. The standard InChI is InChI=1S/C30H30O/c1-21(24-13-7-4-8-14-24)27-19-28(22(2)25-15-9-5-10-16-25)30(31)29(20-27)23(3)26-17-11-6-12-18-26/h4-23,31H,1-3H3/t21-,22-,23-/m0/s1. The molecule has 1 N–H and O–H groups in total. The van der Waals surface area contributed by atoms with Crippen molar-refractivity contribution in [2.45, 2.75) is 38.5 Å². The molecular formula is C30H30O. The summed E-state index contributed by atoms with van der Waals surface area (Å²) in [7, 11) is 0. The zero-order valence-corrected chi connectivity index (χ0v) is 18.5. The maximum Gasteiger partial charge on any atom is 0.123 e. The van der Waals surface area contributed by atoms with Crippen LogP contribution in [0, 0.1) is 0 Å². The highest BCUT2D eigenvalue weighted by Crippen LogP contribution is 2.41. The third-order valence-corrected chi connectivity index (χ3v) is 6.52. The van der Waals surface area contributed by atoms with Gasteiger partial charge in [0, 0.05) is 28.9 Å². The van der Waals surface area contributed by atoms with Crippen molar-refractivity contribution in [3.63, 3.8) is 0 Å². The zero-order valence-electron chi connectivity index (χ0n) is 18.5. The zero-order chi connectivity index (χ0) is 21.8. The second-order valence-electron chi connectivity index (χ2n) is 8.45.